The highest BCUT2D eigenvalue weighted by Gasteiger charge is 2.51. The lowest BCUT2D eigenvalue weighted by molar-refractivity contribution is 0.0880. The van der Waals surface area contributed by atoms with Gasteiger partial charge in [0, 0.05) is 12.8 Å². The maximum absolute atomic E-state index is 11.1. The SMILES string of the molecule is CSC1([S+](C)[O-])CC(O)C1. The summed E-state index contributed by atoms with van der Waals surface area (Å²) in [6.45, 7) is 0. The highest BCUT2D eigenvalue weighted by molar-refractivity contribution is 8.14. The molecule has 2 nitrogen and oxygen atoms in total. The van der Waals surface area contributed by atoms with Gasteiger partial charge < -0.3 is 9.66 Å². The standard InChI is InChI=1S/C6H12O2S2/c1-9-6(10(2)8)3-5(7)4-6/h5,7H,3-4H2,1-2H3. The molecule has 10 heavy (non-hydrogen) atoms. The summed E-state index contributed by atoms with van der Waals surface area (Å²) in [5, 5.41) is 9.02. The van der Waals surface area contributed by atoms with Gasteiger partial charge in [0.1, 0.15) is 0 Å². The molecule has 0 spiro atoms. The van der Waals surface area contributed by atoms with Crippen molar-refractivity contribution in [2.45, 2.75) is 23.0 Å². The fourth-order valence-corrected chi connectivity index (χ4v) is 3.69. The fourth-order valence-electron chi connectivity index (χ4n) is 1.18. The molecule has 0 aromatic heterocycles. The van der Waals surface area contributed by atoms with Gasteiger partial charge in [-0.25, -0.2) is 0 Å². The van der Waals surface area contributed by atoms with Crippen molar-refractivity contribution in [1.82, 2.24) is 0 Å². The van der Waals surface area contributed by atoms with E-state index >= 15 is 0 Å². The molecular formula is C6H12O2S2. The molecule has 0 saturated heterocycles. The molecule has 1 rings (SSSR count). The molecule has 1 N–H and O–H groups in total. The molecule has 0 amide bonds. The molecule has 1 aliphatic carbocycles. The summed E-state index contributed by atoms with van der Waals surface area (Å²) >= 11 is 0.811. The van der Waals surface area contributed by atoms with Gasteiger partial charge in [-0.2, -0.15) is 0 Å². The van der Waals surface area contributed by atoms with Crippen molar-refractivity contribution >= 4 is 22.9 Å². The predicted octanol–water partition coefficient (Wildman–Crippen LogP) is 0.579. The van der Waals surface area contributed by atoms with Crippen LogP contribution in [0.25, 0.3) is 0 Å². The smallest absolute Gasteiger partial charge is 0.175 e. The summed E-state index contributed by atoms with van der Waals surface area (Å²) in [4.78, 5) is 0. The Bertz CT molecular complexity index is 121. The summed E-state index contributed by atoms with van der Waals surface area (Å²) in [5.41, 5.74) is 0. The molecule has 0 heterocycles. The van der Waals surface area contributed by atoms with Gasteiger partial charge in [-0.1, -0.05) is 0 Å². The monoisotopic (exact) mass is 180 g/mol. The van der Waals surface area contributed by atoms with Gasteiger partial charge in [0.15, 0.2) is 4.08 Å². The molecule has 0 bridgehead atoms. The van der Waals surface area contributed by atoms with E-state index in [0.717, 1.165) is 0 Å². The first-order valence-corrected chi connectivity index (χ1v) is 5.96. The number of aliphatic hydroxyl groups excluding tert-OH is 1. The van der Waals surface area contributed by atoms with E-state index in [-0.39, 0.29) is 10.2 Å². The largest absolute Gasteiger partial charge is 0.615 e. The molecule has 0 aromatic carbocycles. The van der Waals surface area contributed by atoms with Crippen LogP contribution in [-0.4, -0.2) is 32.4 Å². The van der Waals surface area contributed by atoms with Gasteiger partial charge >= 0.3 is 0 Å². The van der Waals surface area contributed by atoms with Crippen LogP contribution in [0.3, 0.4) is 0 Å². The Kier molecular flexibility index (Phi) is 2.55. The van der Waals surface area contributed by atoms with Crippen LogP contribution in [0.4, 0.5) is 0 Å². The Labute approximate surface area is 68.6 Å². The molecule has 0 radical (unpaired) electrons. The highest BCUT2D eigenvalue weighted by atomic mass is 32.3. The average molecular weight is 180 g/mol. The molecule has 1 fully saturated rings. The van der Waals surface area contributed by atoms with Gasteiger partial charge in [-0.3, -0.25) is 0 Å². The molecule has 1 aliphatic rings. The zero-order chi connectivity index (χ0) is 7.78. The van der Waals surface area contributed by atoms with Crippen LogP contribution >= 0.6 is 11.8 Å². The Balaban J connectivity index is 2.48. The number of hydrogen-bond donors (Lipinski definition) is 1. The lowest BCUT2D eigenvalue weighted by Gasteiger charge is -2.42. The Morgan fingerprint density at radius 3 is 2.30 bits per heavy atom. The maximum Gasteiger partial charge on any atom is 0.175 e. The molecule has 0 aliphatic heterocycles. The highest BCUT2D eigenvalue weighted by Crippen LogP contribution is 2.46. The quantitative estimate of drug-likeness (QED) is 0.632. The van der Waals surface area contributed by atoms with Crippen LogP contribution in [0.1, 0.15) is 12.8 Å². The topological polar surface area (TPSA) is 43.3 Å². The van der Waals surface area contributed by atoms with Gasteiger partial charge in [-0.05, 0) is 17.4 Å². The van der Waals surface area contributed by atoms with Crippen LogP contribution < -0.4 is 0 Å². The summed E-state index contributed by atoms with van der Waals surface area (Å²) in [5.74, 6) is 0. The Hall–Kier alpha value is 0.620. The van der Waals surface area contributed by atoms with E-state index in [1.807, 2.05) is 6.26 Å². The van der Waals surface area contributed by atoms with Crippen molar-refractivity contribution in [2.75, 3.05) is 12.5 Å². The van der Waals surface area contributed by atoms with Crippen molar-refractivity contribution in [3.8, 4) is 0 Å². The van der Waals surface area contributed by atoms with Crippen LogP contribution in [0.5, 0.6) is 0 Å². The number of aliphatic hydroxyl groups is 1. The zero-order valence-electron chi connectivity index (χ0n) is 6.16. The third kappa shape index (κ3) is 1.30. The minimum atomic E-state index is -0.800. The summed E-state index contributed by atoms with van der Waals surface area (Å²) in [6.07, 6.45) is 4.83. The predicted molar refractivity (Wildman–Crippen MR) is 45.6 cm³/mol. The number of rotatable bonds is 2. The first-order valence-electron chi connectivity index (χ1n) is 3.17. The maximum atomic E-state index is 11.1. The van der Waals surface area contributed by atoms with Crippen LogP contribution in [0, 0.1) is 0 Å². The normalized spacial score (nSPS) is 42.6. The van der Waals surface area contributed by atoms with E-state index in [4.69, 9.17) is 5.11 Å². The van der Waals surface area contributed by atoms with E-state index in [1.165, 1.54) is 0 Å². The third-order valence-electron chi connectivity index (χ3n) is 1.99. The second-order valence-corrected chi connectivity index (χ2v) is 5.77. The molecule has 1 saturated carbocycles. The molecule has 1 unspecified atom stereocenters. The number of thioether (sulfide) groups is 1. The first-order chi connectivity index (χ1) is 4.60. The summed E-state index contributed by atoms with van der Waals surface area (Å²) in [6, 6.07) is 0. The van der Waals surface area contributed by atoms with Crippen molar-refractivity contribution in [3.05, 3.63) is 0 Å². The minimum Gasteiger partial charge on any atom is -0.615 e. The van der Waals surface area contributed by atoms with E-state index < -0.39 is 11.2 Å². The van der Waals surface area contributed by atoms with Gasteiger partial charge in [0.05, 0.1) is 12.4 Å². The summed E-state index contributed by atoms with van der Waals surface area (Å²) < 4.78 is 11.0. The Morgan fingerprint density at radius 1 is 1.70 bits per heavy atom. The lowest BCUT2D eigenvalue weighted by atomic mass is 9.95. The van der Waals surface area contributed by atoms with E-state index in [9.17, 15) is 4.55 Å². The first kappa shape index (κ1) is 8.71. The molecule has 4 heteroatoms. The number of hydrogen-bond acceptors (Lipinski definition) is 3. The third-order valence-corrected chi connectivity index (χ3v) is 5.65. The molecule has 60 valence electrons. The summed E-state index contributed by atoms with van der Waals surface area (Å²) in [7, 11) is 0. The van der Waals surface area contributed by atoms with E-state index in [0.29, 0.717) is 12.8 Å². The Morgan fingerprint density at radius 2 is 2.20 bits per heavy atom. The van der Waals surface area contributed by atoms with Crippen LogP contribution in [0.2, 0.25) is 0 Å². The van der Waals surface area contributed by atoms with Gasteiger partial charge in [0.2, 0.25) is 0 Å². The van der Waals surface area contributed by atoms with E-state index in [1.54, 1.807) is 18.0 Å². The molecular weight excluding hydrogens is 168 g/mol. The second kappa shape index (κ2) is 2.93. The minimum absolute atomic E-state index is 0.126. The van der Waals surface area contributed by atoms with Crippen molar-refractivity contribution < 1.29 is 9.66 Å². The average Bonchev–Trinajstić information content (AvgIpc) is 1.79. The second-order valence-electron chi connectivity index (χ2n) is 2.63. The van der Waals surface area contributed by atoms with Crippen molar-refractivity contribution in [1.29, 1.82) is 0 Å². The van der Waals surface area contributed by atoms with Crippen LogP contribution in [0.15, 0.2) is 0 Å². The molecule has 1 atom stereocenters. The van der Waals surface area contributed by atoms with E-state index in [2.05, 4.69) is 0 Å². The fraction of sp³-hybridized carbons (Fsp3) is 1.00. The lowest BCUT2D eigenvalue weighted by Crippen LogP contribution is -2.49. The van der Waals surface area contributed by atoms with Gasteiger partial charge in [-0.15, -0.1) is 11.8 Å². The molecule has 0 aromatic rings. The van der Waals surface area contributed by atoms with Gasteiger partial charge in [0.25, 0.3) is 0 Å². The van der Waals surface area contributed by atoms with Crippen molar-refractivity contribution in [2.24, 2.45) is 0 Å². The zero-order valence-corrected chi connectivity index (χ0v) is 7.80. The van der Waals surface area contributed by atoms with Crippen LogP contribution in [-0.2, 0) is 11.2 Å². The van der Waals surface area contributed by atoms with Crippen molar-refractivity contribution in [3.63, 3.8) is 0 Å².